The van der Waals surface area contributed by atoms with E-state index in [1.165, 1.54) is 42.7 Å². The van der Waals surface area contributed by atoms with Crippen LogP contribution in [0.5, 0.6) is 5.75 Å². The molecule has 1 aromatic heterocycles. The predicted octanol–water partition coefficient (Wildman–Crippen LogP) is 3.12. The SMILES string of the molecule is O=Cc1c(O)ccc2c(=O)c(-c3ccc(F)cc3)coc12. The van der Waals surface area contributed by atoms with Crippen LogP contribution >= 0.6 is 0 Å². The third-order valence-corrected chi connectivity index (χ3v) is 3.23. The lowest BCUT2D eigenvalue weighted by Crippen LogP contribution is -2.05. The molecule has 0 aliphatic rings. The van der Waals surface area contributed by atoms with Crippen molar-refractivity contribution in [2.75, 3.05) is 0 Å². The second kappa shape index (κ2) is 4.86. The van der Waals surface area contributed by atoms with Crippen LogP contribution in [0.2, 0.25) is 0 Å². The lowest BCUT2D eigenvalue weighted by atomic mass is 10.0. The van der Waals surface area contributed by atoms with Crippen LogP contribution in [0, 0.1) is 5.82 Å². The summed E-state index contributed by atoms with van der Waals surface area (Å²) in [5, 5.41) is 9.76. The van der Waals surface area contributed by atoms with Gasteiger partial charge in [-0.05, 0) is 29.8 Å². The molecule has 3 rings (SSSR count). The lowest BCUT2D eigenvalue weighted by Gasteiger charge is -2.05. The molecule has 0 spiro atoms. The number of benzene rings is 2. The molecular weight excluding hydrogens is 275 g/mol. The van der Waals surface area contributed by atoms with Gasteiger partial charge < -0.3 is 9.52 Å². The summed E-state index contributed by atoms with van der Waals surface area (Å²) in [5.74, 6) is -0.660. The fourth-order valence-electron chi connectivity index (χ4n) is 2.15. The van der Waals surface area contributed by atoms with E-state index >= 15 is 0 Å². The van der Waals surface area contributed by atoms with E-state index in [-0.39, 0.29) is 33.3 Å². The summed E-state index contributed by atoms with van der Waals surface area (Å²) in [6, 6.07) is 8.07. The Hall–Kier alpha value is -2.95. The summed E-state index contributed by atoms with van der Waals surface area (Å²) in [5.41, 5.74) is 0.361. The summed E-state index contributed by atoms with van der Waals surface area (Å²) in [6.07, 6.45) is 1.63. The molecule has 0 fully saturated rings. The second-order valence-corrected chi connectivity index (χ2v) is 4.48. The highest BCUT2D eigenvalue weighted by atomic mass is 19.1. The summed E-state index contributed by atoms with van der Waals surface area (Å²) < 4.78 is 18.3. The quantitative estimate of drug-likeness (QED) is 0.734. The van der Waals surface area contributed by atoms with Gasteiger partial charge in [0.2, 0.25) is 5.43 Å². The molecule has 0 saturated carbocycles. The van der Waals surface area contributed by atoms with E-state index in [0.29, 0.717) is 11.8 Å². The van der Waals surface area contributed by atoms with Gasteiger partial charge >= 0.3 is 0 Å². The number of aromatic hydroxyl groups is 1. The fourth-order valence-corrected chi connectivity index (χ4v) is 2.15. The van der Waals surface area contributed by atoms with Gasteiger partial charge in [0.1, 0.15) is 17.8 Å². The number of rotatable bonds is 2. The highest BCUT2D eigenvalue weighted by Crippen LogP contribution is 2.26. The maximum Gasteiger partial charge on any atom is 0.200 e. The second-order valence-electron chi connectivity index (χ2n) is 4.48. The van der Waals surface area contributed by atoms with Gasteiger partial charge in [0.05, 0.1) is 16.5 Å². The van der Waals surface area contributed by atoms with Crippen molar-refractivity contribution in [3.05, 3.63) is 64.3 Å². The van der Waals surface area contributed by atoms with Crippen LogP contribution in [0.15, 0.2) is 51.9 Å². The van der Waals surface area contributed by atoms with Crippen LogP contribution in [0.1, 0.15) is 10.4 Å². The molecule has 0 radical (unpaired) electrons. The number of hydrogen-bond donors (Lipinski definition) is 1. The zero-order valence-electron chi connectivity index (χ0n) is 10.7. The Morgan fingerprint density at radius 2 is 1.81 bits per heavy atom. The highest BCUT2D eigenvalue weighted by Gasteiger charge is 2.14. The van der Waals surface area contributed by atoms with Gasteiger partial charge in [-0.1, -0.05) is 12.1 Å². The Bertz CT molecular complexity index is 895. The molecule has 2 aromatic carbocycles. The number of fused-ring (bicyclic) bond motifs is 1. The molecule has 0 aliphatic heterocycles. The van der Waals surface area contributed by atoms with Crippen molar-refractivity contribution in [1.82, 2.24) is 0 Å². The van der Waals surface area contributed by atoms with Crippen LogP contribution in [0.3, 0.4) is 0 Å². The summed E-state index contributed by atoms with van der Waals surface area (Å²) in [4.78, 5) is 23.4. The molecule has 3 aromatic rings. The fraction of sp³-hybridized carbons (Fsp3) is 0. The summed E-state index contributed by atoms with van der Waals surface area (Å²) >= 11 is 0. The van der Waals surface area contributed by atoms with Gasteiger partial charge in [0.15, 0.2) is 11.9 Å². The first-order valence-electron chi connectivity index (χ1n) is 6.10. The van der Waals surface area contributed by atoms with E-state index in [0.717, 1.165) is 0 Å². The van der Waals surface area contributed by atoms with Crippen molar-refractivity contribution >= 4 is 17.3 Å². The highest BCUT2D eigenvalue weighted by molar-refractivity contribution is 5.98. The largest absolute Gasteiger partial charge is 0.507 e. The van der Waals surface area contributed by atoms with E-state index in [1.54, 1.807) is 0 Å². The smallest absolute Gasteiger partial charge is 0.200 e. The average molecular weight is 284 g/mol. The molecule has 1 heterocycles. The van der Waals surface area contributed by atoms with Gasteiger partial charge in [0, 0.05) is 0 Å². The molecule has 21 heavy (non-hydrogen) atoms. The standard InChI is InChI=1S/C16H9FO4/c17-10-3-1-9(2-4-10)13-8-21-16-11(15(13)20)5-6-14(19)12(16)7-18/h1-8,19H. The Morgan fingerprint density at radius 1 is 1.10 bits per heavy atom. The number of halogens is 1. The third kappa shape index (κ3) is 2.08. The normalized spacial score (nSPS) is 10.7. The van der Waals surface area contributed by atoms with Gasteiger partial charge in [-0.25, -0.2) is 4.39 Å². The Labute approximate surface area is 118 Å². The van der Waals surface area contributed by atoms with Crippen molar-refractivity contribution in [2.45, 2.75) is 0 Å². The topological polar surface area (TPSA) is 67.5 Å². The van der Waals surface area contributed by atoms with Crippen molar-refractivity contribution in [3.63, 3.8) is 0 Å². The number of hydrogen-bond acceptors (Lipinski definition) is 4. The first-order chi connectivity index (χ1) is 10.1. The maximum absolute atomic E-state index is 12.9. The molecule has 104 valence electrons. The van der Waals surface area contributed by atoms with E-state index in [2.05, 4.69) is 0 Å². The molecule has 0 bridgehead atoms. The number of aldehydes is 1. The first kappa shape index (κ1) is 13.1. The van der Waals surface area contributed by atoms with Crippen molar-refractivity contribution < 1.29 is 18.7 Å². The summed E-state index contributed by atoms with van der Waals surface area (Å²) in [6.45, 7) is 0. The Morgan fingerprint density at radius 3 is 2.48 bits per heavy atom. The van der Waals surface area contributed by atoms with Crippen LogP contribution < -0.4 is 5.43 Å². The monoisotopic (exact) mass is 284 g/mol. The molecule has 5 heteroatoms. The van der Waals surface area contributed by atoms with Crippen LogP contribution in [0.4, 0.5) is 4.39 Å². The molecule has 0 amide bonds. The minimum atomic E-state index is -0.405. The van der Waals surface area contributed by atoms with E-state index in [4.69, 9.17) is 4.42 Å². The van der Waals surface area contributed by atoms with Crippen molar-refractivity contribution in [2.24, 2.45) is 0 Å². The number of phenols is 1. The van der Waals surface area contributed by atoms with Crippen LogP contribution in [-0.2, 0) is 0 Å². The van der Waals surface area contributed by atoms with Crippen molar-refractivity contribution in [3.8, 4) is 16.9 Å². The van der Waals surface area contributed by atoms with Crippen LogP contribution in [-0.4, -0.2) is 11.4 Å². The Balaban J connectivity index is 2.31. The minimum Gasteiger partial charge on any atom is -0.507 e. The maximum atomic E-state index is 12.9. The van der Waals surface area contributed by atoms with E-state index in [9.17, 15) is 19.1 Å². The van der Waals surface area contributed by atoms with Gasteiger partial charge in [0.25, 0.3) is 0 Å². The predicted molar refractivity (Wildman–Crippen MR) is 74.9 cm³/mol. The van der Waals surface area contributed by atoms with E-state index < -0.39 is 5.82 Å². The molecule has 0 saturated heterocycles. The lowest BCUT2D eigenvalue weighted by molar-refractivity contribution is 0.112. The molecule has 0 atom stereocenters. The third-order valence-electron chi connectivity index (χ3n) is 3.23. The van der Waals surface area contributed by atoms with Gasteiger partial charge in [-0.15, -0.1) is 0 Å². The zero-order chi connectivity index (χ0) is 15.0. The number of phenolic OH excluding ortho intramolecular Hbond substituents is 1. The zero-order valence-corrected chi connectivity index (χ0v) is 10.7. The number of carbonyl (C=O) groups excluding carboxylic acids is 1. The van der Waals surface area contributed by atoms with E-state index in [1.807, 2.05) is 0 Å². The average Bonchev–Trinajstić information content (AvgIpc) is 2.49. The molecule has 1 N–H and O–H groups in total. The molecule has 0 unspecified atom stereocenters. The minimum absolute atomic E-state index is 0.0286. The molecule has 0 aliphatic carbocycles. The van der Waals surface area contributed by atoms with Crippen molar-refractivity contribution in [1.29, 1.82) is 0 Å². The number of carbonyl (C=O) groups is 1. The molecule has 4 nitrogen and oxygen atoms in total. The first-order valence-corrected chi connectivity index (χ1v) is 6.10. The van der Waals surface area contributed by atoms with Gasteiger partial charge in [-0.3, -0.25) is 9.59 Å². The molecular formula is C16H9FO4. The van der Waals surface area contributed by atoms with Gasteiger partial charge in [-0.2, -0.15) is 0 Å². The Kier molecular flexibility index (Phi) is 3.02. The summed E-state index contributed by atoms with van der Waals surface area (Å²) in [7, 11) is 0. The van der Waals surface area contributed by atoms with Crippen LogP contribution in [0.25, 0.3) is 22.1 Å².